The Labute approximate surface area is 171 Å². The third kappa shape index (κ3) is 5.71. The van der Waals surface area contributed by atoms with Crippen LogP contribution in [0.3, 0.4) is 0 Å². The van der Waals surface area contributed by atoms with Crippen molar-refractivity contribution >= 4 is 12.2 Å². The predicted molar refractivity (Wildman–Crippen MR) is 105 cm³/mol. The molecule has 0 amide bonds. The third-order valence-electron chi connectivity index (χ3n) is 4.57. The fourth-order valence-corrected chi connectivity index (χ4v) is 2.81. The Morgan fingerprint density at radius 3 is 2.33 bits per heavy atom. The third-order valence-corrected chi connectivity index (χ3v) is 4.57. The van der Waals surface area contributed by atoms with E-state index in [-0.39, 0.29) is 0 Å². The Kier molecular flexibility index (Phi) is 6.59. The number of halogens is 4. The molecule has 0 radical (unpaired) electrons. The van der Waals surface area contributed by atoms with E-state index in [1.807, 2.05) is 30.7 Å². The first kappa shape index (κ1) is 21.6. The fourth-order valence-electron chi connectivity index (χ4n) is 2.81. The van der Waals surface area contributed by atoms with Gasteiger partial charge in [0.1, 0.15) is 11.6 Å². The summed E-state index contributed by atoms with van der Waals surface area (Å²) in [4.78, 5) is 13.3. The number of benzene rings is 1. The summed E-state index contributed by atoms with van der Waals surface area (Å²) in [6.07, 6.45) is 4.66. The largest absolute Gasteiger partial charge is 0.416 e. The van der Waals surface area contributed by atoms with E-state index < -0.39 is 17.6 Å². The molecule has 3 aromatic rings. The molecular formula is C21H21F4N5. The lowest BCUT2D eigenvalue weighted by Crippen LogP contribution is -2.11. The minimum absolute atomic E-state index is 0.669. The van der Waals surface area contributed by atoms with Gasteiger partial charge in [-0.25, -0.2) is 14.1 Å². The van der Waals surface area contributed by atoms with Crippen LogP contribution in [0.15, 0.2) is 30.5 Å². The Morgan fingerprint density at radius 1 is 0.967 bits per heavy atom. The molecule has 0 saturated heterocycles. The summed E-state index contributed by atoms with van der Waals surface area (Å²) < 4.78 is 49.5. The van der Waals surface area contributed by atoms with Crippen LogP contribution in [0.5, 0.6) is 0 Å². The zero-order chi connectivity index (χ0) is 21.7. The summed E-state index contributed by atoms with van der Waals surface area (Å²) >= 11 is 0. The van der Waals surface area contributed by atoms with Crippen molar-refractivity contribution in [1.29, 1.82) is 0 Å². The number of hydrogen-bond donors (Lipinski definition) is 0. The zero-order valence-electron chi connectivity index (χ0n) is 16.6. The maximum atomic E-state index is 12.1. The second-order valence-electron chi connectivity index (χ2n) is 6.87. The van der Waals surface area contributed by atoms with Gasteiger partial charge in [-0.05, 0) is 63.1 Å². The highest BCUT2D eigenvalue weighted by atomic mass is 19.4. The van der Waals surface area contributed by atoms with E-state index >= 15 is 0 Å². The Bertz CT molecular complexity index is 999. The molecule has 1 aliphatic rings. The molecule has 2 aromatic heterocycles. The summed E-state index contributed by atoms with van der Waals surface area (Å²) in [6.45, 7) is 4.91. The SMILES string of the molecule is Cc1ncc(/C=C/c2nc3n(n2)CCCC3)nc1C.Fc1ccc(C(F)(F)F)cc1. The molecule has 3 heterocycles. The highest BCUT2D eigenvalue weighted by molar-refractivity contribution is 5.64. The van der Waals surface area contributed by atoms with Gasteiger partial charge in [0.2, 0.25) is 0 Å². The van der Waals surface area contributed by atoms with Gasteiger partial charge in [-0.1, -0.05) is 0 Å². The molecule has 158 valence electrons. The molecule has 5 nitrogen and oxygen atoms in total. The van der Waals surface area contributed by atoms with Crippen molar-refractivity contribution in [3.8, 4) is 0 Å². The number of hydrogen-bond acceptors (Lipinski definition) is 4. The lowest BCUT2D eigenvalue weighted by atomic mass is 10.2. The van der Waals surface area contributed by atoms with Crippen LogP contribution in [-0.4, -0.2) is 24.7 Å². The van der Waals surface area contributed by atoms with Gasteiger partial charge in [0.05, 0.1) is 28.8 Å². The average Bonchev–Trinajstić information content (AvgIpc) is 3.12. The van der Waals surface area contributed by atoms with Crippen LogP contribution >= 0.6 is 0 Å². The molecule has 0 aliphatic carbocycles. The lowest BCUT2D eigenvalue weighted by molar-refractivity contribution is -0.137. The topological polar surface area (TPSA) is 56.5 Å². The van der Waals surface area contributed by atoms with E-state index in [1.165, 1.54) is 12.8 Å². The van der Waals surface area contributed by atoms with Crippen LogP contribution in [-0.2, 0) is 19.1 Å². The summed E-state index contributed by atoms with van der Waals surface area (Å²) in [5.74, 6) is 1.19. The van der Waals surface area contributed by atoms with Crippen molar-refractivity contribution in [2.45, 2.75) is 45.8 Å². The minimum Gasteiger partial charge on any atom is -0.257 e. The zero-order valence-corrected chi connectivity index (χ0v) is 16.6. The van der Waals surface area contributed by atoms with Crippen molar-refractivity contribution in [2.75, 3.05) is 0 Å². The normalized spacial score (nSPS) is 13.7. The van der Waals surface area contributed by atoms with E-state index in [1.54, 1.807) is 6.20 Å². The summed E-state index contributed by atoms with van der Waals surface area (Å²) in [7, 11) is 0. The Morgan fingerprint density at radius 2 is 1.70 bits per heavy atom. The van der Waals surface area contributed by atoms with Crippen LogP contribution in [0.25, 0.3) is 12.2 Å². The molecule has 0 unspecified atom stereocenters. The molecule has 1 aliphatic heterocycles. The molecular weight excluding hydrogens is 398 g/mol. The van der Waals surface area contributed by atoms with Gasteiger partial charge in [-0.3, -0.25) is 9.97 Å². The van der Waals surface area contributed by atoms with Gasteiger partial charge >= 0.3 is 6.18 Å². The molecule has 0 N–H and O–H groups in total. The first-order chi connectivity index (χ1) is 14.2. The highest BCUT2D eigenvalue weighted by Gasteiger charge is 2.29. The fraction of sp³-hybridized carbons (Fsp3) is 0.333. The van der Waals surface area contributed by atoms with E-state index in [4.69, 9.17) is 0 Å². The molecule has 4 rings (SSSR count). The standard InChI is InChI=1S/C14H17N5.C7H4F4/c1-10-11(2)16-12(9-15-10)6-7-13-17-14-5-3-4-8-19(14)18-13;8-6-3-1-5(2-4-6)7(9,10)11/h6-7,9H,3-5,8H2,1-2H3;1-4H/b7-6+;. The molecule has 9 heteroatoms. The van der Waals surface area contributed by atoms with Crippen LogP contribution in [0.2, 0.25) is 0 Å². The molecule has 0 bridgehead atoms. The second kappa shape index (κ2) is 9.15. The number of rotatable bonds is 2. The maximum absolute atomic E-state index is 12.1. The van der Waals surface area contributed by atoms with E-state index in [9.17, 15) is 17.6 Å². The van der Waals surface area contributed by atoms with E-state index in [2.05, 4.69) is 20.1 Å². The summed E-state index contributed by atoms with van der Waals surface area (Å²) in [5.41, 5.74) is 1.93. The van der Waals surface area contributed by atoms with Gasteiger partial charge in [0.15, 0.2) is 5.82 Å². The lowest BCUT2D eigenvalue weighted by Gasteiger charge is -2.09. The Balaban J connectivity index is 0.000000199. The molecule has 0 atom stereocenters. The molecule has 0 saturated carbocycles. The van der Waals surface area contributed by atoms with Gasteiger partial charge in [0.25, 0.3) is 0 Å². The van der Waals surface area contributed by atoms with E-state index in [0.717, 1.165) is 53.8 Å². The number of aryl methyl sites for hydroxylation is 4. The van der Waals surface area contributed by atoms with Crippen LogP contribution in [0, 0.1) is 19.7 Å². The average molecular weight is 419 g/mol. The van der Waals surface area contributed by atoms with Gasteiger partial charge < -0.3 is 0 Å². The number of fused-ring (bicyclic) bond motifs is 1. The molecule has 0 spiro atoms. The summed E-state index contributed by atoms with van der Waals surface area (Å²) in [5, 5.41) is 4.48. The monoisotopic (exact) mass is 419 g/mol. The highest BCUT2D eigenvalue weighted by Crippen LogP contribution is 2.28. The van der Waals surface area contributed by atoms with Crippen LogP contribution in [0.4, 0.5) is 17.6 Å². The van der Waals surface area contributed by atoms with Crippen LogP contribution in [0.1, 0.15) is 47.1 Å². The van der Waals surface area contributed by atoms with Crippen molar-refractivity contribution < 1.29 is 17.6 Å². The van der Waals surface area contributed by atoms with Gasteiger partial charge in [-0.2, -0.15) is 18.3 Å². The Hall–Kier alpha value is -3.10. The van der Waals surface area contributed by atoms with Crippen LogP contribution < -0.4 is 0 Å². The molecule has 0 fully saturated rings. The van der Waals surface area contributed by atoms with Crippen molar-refractivity contribution in [2.24, 2.45) is 0 Å². The van der Waals surface area contributed by atoms with Crippen molar-refractivity contribution in [1.82, 2.24) is 24.7 Å². The molecule has 30 heavy (non-hydrogen) atoms. The predicted octanol–water partition coefficient (Wildman–Crippen LogP) is 5.04. The summed E-state index contributed by atoms with van der Waals surface area (Å²) in [6, 6.07) is 2.97. The number of aromatic nitrogens is 5. The van der Waals surface area contributed by atoms with E-state index in [0.29, 0.717) is 12.1 Å². The van der Waals surface area contributed by atoms with Gasteiger partial charge in [-0.15, -0.1) is 0 Å². The quantitative estimate of drug-likeness (QED) is 0.547. The molecule has 1 aromatic carbocycles. The number of nitrogens with zero attached hydrogens (tertiary/aromatic N) is 5. The number of alkyl halides is 3. The smallest absolute Gasteiger partial charge is 0.257 e. The minimum atomic E-state index is -4.38. The van der Waals surface area contributed by atoms with Crippen molar-refractivity contribution in [3.05, 3.63) is 70.6 Å². The first-order valence-corrected chi connectivity index (χ1v) is 9.47. The maximum Gasteiger partial charge on any atom is 0.416 e. The van der Waals surface area contributed by atoms with Gasteiger partial charge in [0, 0.05) is 13.0 Å². The van der Waals surface area contributed by atoms with Crippen molar-refractivity contribution in [3.63, 3.8) is 0 Å². The second-order valence-corrected chi connectivity index (χ2v) is 6.87. The first-order valence-electron chi connectivity index (χ1n) is 9.47.